The Kier molecular flexibility index (Phi) is 4.11. The molecule has 2 aromatic carbocycles. The van der Waals surface area contributed by atoms with E-state index < -0.39 is 0 Å². The molecule has 5 rings (SSSR count). The lowest BCUT2D eigenvalue weighted by atomic mass is 10.0. The molecule has 1 aromatic heterocycles. The van der Waals surface area contributed by atoms with E-state index in [1.165, 1.54) is 12.8 Å². The number of hydrogen-bond acceptors (Lipinski definition) is 5. The van der Waals surface area contributed by atoms with Crippen LogP contribution < -0.4 is 15.8 Å². The monoisotopic (exact) mass is 374 g/mol. The van der Waals surface area contributed by atoms with Gasteiger partial charge in [0.1, 0.15) is 0 Å². The number of rotatable bonds is 6. The number of anilines is 1. The van der Waals surface area contributed by atoms with Gasteiger partial charge in [0.25, 0.3) is 5.91 Å². The molecule has 3 N–H and O–H groups in total. The third-order valence-electron chi connectivity index (χ3n) is 5.22. The zero-order valence-corrected chi connectivity index (χ0v) is 15.5. The van der Waals surface area contributed by atoms with Crippen LogP contribution in [-0.2, 0) is 0 Å². The molecule has 0 radical (unpaired) electrons. The summed E-state index contributed by atoms with van der Waals surface area (Å²) in [6, 6.07) is 14.0. The highest BCUT2D eigenvalue weighted by Gasteiger charge is 2.24. The molecule has 142 valence electrons. The van der Waals surface area contributed by atoms with Crippen LogP contribution in [0.15, 0.2) is 42.5 Å². The van der Waals surface area contributed by atoms with Crippen LogP contribution in [0.3, 0.4) is 0 Å². The van der Waals surface area contributed by atoms with Crippen molar-refractivity contribution < 1.29 is 9.53 Å². The highest BCUT2D eigenvalue weighted by atomic mass is 16.5. The average molecular weight is 374 g/mol. The lowest BCUT2D eigenvalue weighted by Gasteiger charge is -2.10. The molecule has 0 spiro atoms. The van der Waals surface area contributed by atoms with Crippen molar-refractivity contribution in [2.75, 3.05) is 12.3 Å². The lowest BCUT2D eigenvalue weighted by molar-refractivity contribution is 0.0951. The minimum absolute atomic E-state index is 0.00722. The van der Waals surface area contributed by atoms with Crippen molar-refractivity contribution in [1.82, 2.24) is 15.3 Å². The highest BCUT2D eigenvalue weighted by Crippen LogP contribution is 2.33. The van der Waals surface area contributed by atoms with E-state index in [-0.39, 0.29) is 11.9 Å². The molecule has 0 atom stereocenters. The summed E-state index contributed by atoms with van der Waals surface area (Å²) in [5.41, 5.74) is 9.33. The van der Waals surface area contributed by atoms with Gasteiger partial charge in [0.2, 0.25) is 11.8 Å². The molecule has 2 fully saturated rings. The van der Waals surface area contributed by atoms with E-state index in [0.717, 1.165) is 34.9 Å². The first-order valence-corrected chi connectivity index (χ1v) is 9.77. The van der Waals surface area contributed by atoms with E-state index in [2.05, 4.69) is 15.3 Å². The number of benzene rings is 2. The SMILES string of the molecule is Nc1nc(OCC2CC2)c2cc(-c3ccc(C(=O)NC4CC4)cc3)ccc2n1. The molecule has 2 aliphatic rings. The molecule has 0 aliphatic heterocycles. The number of nitrogen functional groups attached to an aromatic ring is 1. The van der Waals surface area contributed by atoms with Gasteiger partial charge in [-0.2, -0.15) is 4.98 Å². The van der Waals surface area contributed by atoms with E-state index in [1.54, 1.807) is 0 Å². The van der Waals surface area contributed by atoms with Crippen molar-refractivity contribution in [2.45, 2.75) is 31.7 Å². The van der Waals surface area contributed by atoms with Gasteiger partial charge < -0.3 is 15.8 Å². The number of hydrogen-bond donors (Lipinski definition) is 2. The summed E-state index contributed by atoms with van der Waals surface area (Å²) in [6.07, 6.45) is 4.59. The minimum atomic E-state index is -0.00722. The Morgan fingerprint density at radius 1 is 1.04 bits per heavy atom. The summed E-state index contributed by atoms with van der Waals surface area (Å²) in [6.45, 7) is 0.667. The molecule has 0 unspecified atom stereocenters. The van der Waals surface area contributed by atoms with Crippen LogP contribution in [0.2, 0.25) is 0 Å². The van der Waals surface area contributed by atoms with Crippen molar-refractivity contribution >= 4 is 22.8 Å². The maximum atomic E-state index is 12.2. The van der Waals surface area contributed by atoms with E-state index >= 15 is 0 Å². The van der Waals surface area contributed by atoms with E-state index in [0.29, 0.717) is 30.0 Å². The molecule has 28 heavy (non-hydrogen) atoms. The second kappa shape index (κ2) is 6.78. The fourth-order valence-corrected chi connectivity index (χ4v) is 3.20. The standard InChI is InChI=1S/C22H22N4O2/c23-22-25-19-10-7-16(11-18(19)21(26-22)28-12-13-1-2-13)14-3-5-15(6-4-14)20(27)24-17-8-9-17/h3-7,10-11,13,17H,1-2,8-9,12H2,(H,24,27)(H2,23,25,26). The van der Waals surface area contributed by atoms with Crippen molar-refractivity contribution in [3.05, 3.63) is 48.0 Å². The quantitative estimate of drug-likeness (QED) is 0.688. The Hall–Kier alpha value is -3.15. The van der Waals surface area contributed by atoms with Gasteiger partial charge >= 0.3 is 0 Å². The van der Waals surface area contributed by atoms with Gasteiger partial charge in [-0.1, -0.05) is 18.2 Å². The summed E-state index contributed by atoms with van der Waals surface area (Å²) in [5, 5.41) is 3.86. The Labute approximate surface area is 163 Å². The molecule has 2 saturated carbocycles. The van der Waals surface area contributed by atoms with Crippen molar-refractivity contribution in [3.63, 3.8) is 0 Å². The topological polar surface area (TPSA) is 90.1 Å². The number of nitrogens with one attached hydrogen (secondary N) is 1. The summed E-state index contributed by atoms with van der Waals surface area (Å²) in [5.74, 6) is 1.38. The number of carbonyl (C=O) groups excluding carboxylic acids is 1. The fourth-order valence-electron chi connectivity index (χ4n) is 3.20. The third kappa shape index (κ3) is 3.63. The number of ether oxygens (including phenoxy) is 1. The smallest absolute Gasteiger partial charge is 0.251 e. The zero-order valence-electron chi connectivity index (χ0n) is 15.5. The number of fused-ring (bicyclic) bond motifs is 1. The predicted octanol–water partition coefficient (Wildman–Crippen LogP) is 3.56. The van der Waals surface area contributed by atoms with Crippen LogP contribution in [0, 0.1) is 5.92 Å². The summed E-state index contributed by atoms with van der Waals surface area (Å²) in [4.78, 5) is 20.8. The van der Waals surface area contributed by atoms with Gasteiger partial charge in [0, 0.05) is 11.6 Å². The van der Waals surface area contributed by atoms with Crippen molar-refractivity contribution in [2.24, 2.45) is 5.92 Å². The number of carbonyl (C=O) groups is 1. The first-order valence-electron chi connectivity index (χ1n) is 9.77. The molecule has 3 aromatic rings. The Morgan fingerprint density at radius 3 is 2.50 bits per heavy atom. The maximum Gasteiger partial charge on any atom is 0.251 e. The molecule has 6 heteroatoms. The normalized spacial score (nSPS) is 16.1. The molecule has 2 aliphatic carbocycles. The predicted molar refractivity (Wildman–Crippen MR) is 108 cm³/mol. The first-order chi connectivity index (χ1) is 13.7. The third-order valence-corrected chi connectivity index (χ3v) is 5.22. The van der Waals surface area contributed by atoms with Gasteiger partial charge in [0.15, 0.2) is 0 Å². The molecular weight excluding hydrogens is 352 g/mol. The Balaban J connectivity index is 1.43. The van der Waals surface area contributed by atoms with Crippen LogP contribution >= 0.6 is 0 Å². The Morgan fingerprint density at radius 2 is 1.79 bits per heavy atom. The summed E-state index contributed by atoms with van der Waals surface area (Å²) in [7, 11) is 0. The molecule has 6 nitrogen and oxygen atoms in total. The summed E-state index contributed by atoms with van der Waals surface area (Å²) < 4.78 is 5.92. The van der Waals surface area contributed by atoms with Crippen LogP contribution in [0.4, 0.5) is 5.95 Å². The Bertz CT molecular complexity index is 1040. The number of amides is 1. The van der Waals surface area contributed by atoms with Crippen LogP contribution in [0.5, 0.6) is 5.88 Å². The van der Waals surface area contributed by atoms with Gasteiger partial charge in [0.05, 0.1) is 17.5 Å². The second-order valence-corrected chi connectivity index (χ2v) is 7.70. The fraction of sp³-hybridized carbons (Fsp3) is 0.318. The van der Waals surface area contributed by atoms with E-state index in [9.17, 15) is 4.79 Å². The van der Waals surface area contributed by atoms with E-state index in [4.69, 9.17) is 10.5 Å². The molecule has 0 bridgehead atoms. The summed E-state index contributed by atoms with van der Waals surface area (Å²) >= 11 is 0. The maximum absolute atomic E-state index is 12.2. The van der Waals surface area contributed by atoms with Crippen molar-refractivity contribution in [1.29, 1.82) is 0 Å². The van der Waals surface area contributed by atoms with Gasteiger partial charge in [-0.05, 0) is 67.0 Å². The number of nitrogens with zero attached hydrogens (tertiary/aromatic N) is 2. The molecule has 0 saturated heterocycles. The molecule has 1 heterocycles. The molecular formula is C22H22N4O2. The van der Waals surface area contributed by atoms with Crippen LogP contribution in [0.25, 0.3) is 22.0 Å². The molecule has 1 amide bonds. The lowest BCUT2D eigenvalue weighted by Crippen LogP contribution is -2.25. The number of nitrogens with two attached hydrogens (primary N) is 1. The van der Waals surface area contributed by atoms with Gasteiger partial charge in [-0.15, -0.1) is 0 Å². The van der Waals surface area contributed by atoms with E-state index in [1.807, 2.05) is 42.5 Å². The van der Waals surface area contributed by atoms with Crippen molar-refractivity contribution in [3.8, 4) is 17.0 Å². The zero-order chi connectivity index (χ0) is 19.1. The second-order valence-electron chi connectivity index (χ2n) is 7.70. The first kappa shape index (κ1) is 17.0. The number of aromatic nitrogens is 2. The highest BCUT2D eigenvalue weighted by molar-refractivity contribution is 5.95. The average Bonchev–Trinajstić information content (AvgIpc) is 3.61. The van der Waals surface area contributed by atoms with Gasteiger partial charge in [-0.25, -0.2) is 4.98 Å². The van der Waals surface area contributed by atoms with Gasteiger partial charge in [-0.3, -0.25) is 4.79 Å². The minimum Gasteiger partial charge on any atom is -0.477 e. The largest absolute Gasteiger partial charge is 0.477 e. The van der Waals surface area contributed by atoms with Crippen LogP contribution in [0.1, 0.15) is 36.0 Å². The van der Waals surface area contributed by atoms with Crippen LogP contribution in [-0.4, -0.2) is 28.5 Å².